The van der Waals surface area contributed by atoms with Gasteiger partial charge in [-0.05, 0) is 25.7 Å². The minimum absolute atomic E-state index is 0.300. The summed E-state index contributed by atoms with van der Waals surface area (Å²) in [5.41, 5.74) is 0. The molecule has 1 atom stereocenters. The molecule has 1 aliphatic carbocycles. The van der Waals surface area contributed by atoms with Crippen LogP contribution in [0.1, 0.15) is 19.8 Å². The first kappa shape index (κ1) is 8.50. The first-order valence-corrected chi connectivity index (χ1v) is 4.46. The lowest BCUT2D eigenvalue weighted by Crippen LogP contribution is -2.32. The standard InChI is InChI=1S/C8H12N2O3/c1-5-7(11)10(8(12)9-5)13-4-6-2-3-6/h5-6H,2-4H2,1H3,(H,9,12). The van der Waals surface area contributed by atoms with E-state index in [4.69, 9.17) is 4.84 Å². The number of rotatable bonds is 3. The number of hydroxylamine groups is 2. The normalized spacial score (nSPS) is 28.1. The Morgan fingerprint density at radius 1 is 1.54 bits per heavy atom. The van der Waals surface area contributed by atoms with E-state index >= 15 is 0 Å². The molecule has 0 aromatic rings. The van der Waals surface area contributed by atoms with Crippen molar-refractivity contribution in [1.29, 1.82) is 0 Å². The van der Waals surface area contributed by atoms with Gasteiger partial charge < -0.3 is 5.32 Å². The van der Waals surface area contributed by atoms with E-state index in [9.17, 15) is 9.59 Å². The van der Waals surface area contributed by atoms with Crippen LogP contribution in [0.3, 0.4) is 0 Å². The Kier molecular flexibility index (Phi) is 1.95. The van der Waals surface area contributed by atoms with E-state index in [2.05, 4.69) is 5.32 Å². The molecule has 1 saturated carbocycles. The molecule has 1 aliphatic heterocycles. The van der Waals surface area contributed by atoms with Crippen LogP contribution in [0.5, 0.6) is 0 Å². The molecule has 2 rings (SSSR count). The van der Waals surface area contributed by atoms with Gasteiger partial charge in [0.25, 0.3) is 5.91 Å². The minimum atomic E-state index is -0.452. The zero-order valence-corrected chi connectivity index (χ0v) is 7.45. The van der Waals surface area contributed by atoms with E-state index < -0.39 is 12.1 Å². The number of nitrogens with one attached hydrogen (secondary N) is 1. The Bertz CT molecular complexity index is 250. The Labute approximate surface area is 76.0 Å². The minimum Gasteiger partial charge on any atom is -0.324 e. The van der Waals surface area contributed by atoms with Gasteiger partial charge in [0.1, 0.15) is 6.04 Å². The highest BCUT2D eigenvalue weighted by molar-refractivity contribution is 6.02. The third kappa shape index (κ3) is 1.65. The van der Waals surface area contributed by atoms with Crippen molar-refractivity contribution in [3.63, 3.8) is 0 Å². The van der Waals surface area contributed by atoms with Crippen molar-refractivity contribution in [3.8, 4) is 0 Å². The van der Waals surface area contributed by atoms with E-state index in [1.54, 1.807) is 6.92 Å². The van der Waals surface area contributed by atoms with Crippen LogP contribution in [0.25, 0.3) is 0 Å². The molecule has 1 heterocycles. The van der Waals surface area contributed by atoms with Crippen molar-refractivity contribution in [2.75, 3.05) is 6.61 Å². The zero-order chi connectivity index (χ0) is 9.42. The van der Waals surface area contributed by atoms with Crippen molar-refractivity contribution < 1.29 is 14.4 Å². The quantitative estimate of drug-likeness (QED) is 0.640. The van der Waals surface area contributed by atoms with Gasteiger partial charge in [-0.3, -0.25) is 9.63 Å². The van der Waals surface area contributed by atoms with Crippen LogP contribution >= 0.6 is 0 Å². The Hall–Kier alpha value is -1.10. The summed E-state index contributed by atoms with van der Waals surface area (Å²) in [6.45, 7) is 2.12. The largest absolute Gasteiger partial charge is 0.349 e. The van der Waals surface area contributed by atoms with Gasteiger partial charge in [-0.2, -0.15) is 0 Å². The number of imide groups is 1. The molecule has 1 N–H and O–H groups in total. The average Bonchev–Trinajstić information content (AvgIpc) is 2.84. The molecule has 5 nitrogen and oxygen atoms in total. The summed E-state index contributed by atoms with van der Waals surface area (Å²) in [4.78, 5) is 27.5. The topological polar surface area (TPSA) is 58.6 Å². The molecule has 0 aromatic carbocycles. The molecule has 0 bridgehead atoms. The molecule has 72 valence electrons. The third-order valence-electron chi connectivity index (χ3n) is 2.23. The summed E-state index contributed by atoms with van der Waals surface area (Å²) in [5.74, 6) is 0.238. The molecule has 2 fully saturated rings. The van der Waals surface area contributed by atoms with Gasteiger partial charge in [-0.25, -0.2) is 4.79 Å². The Morgan fingerprint density at radius 2 is 2.23 bits per heavy atom. The van der Waals surface area contributed by atoms with E-state index in [1.165, 1.54) is 0 Å². The van der Waals surface area contributed by atoms with Crippen LogP contribution in [-0.2, 0) is 9.63 Å². The fourth-order valence-corrected chi connectivity index (χ4v) is 1.17. The molecular formula is C8H12N2O3. The average molecular weight is 184 g/mol. The number of carbonyl (C=O) groups is 2. The lowest BCUT2D eigenvalue weighted by atomic mass is 10.4. The predicted molar refractivity (Wildman–Crippen MR) is 43.5 cm³/mol. The SMILES string of the molecule is CC1NC(=O)N(OCC2CC2)C1=O. The lowest BCUT2D eigenvalue weighted by molar-refractivity contribution is -0.164. The summed E-state index contributed by atoms with van der Waals surface area (Å²) >= 11 is 0. The smallest absolute Gasteiger partial charge is 0.324 e. The van der Waals surface area contributed by atoms with Crippen LogP contribution in [0.4, 0.5) is 4.79 Å². The highest BCUT2D eigenvalue weighted by Gasteiger charge is 2.37. The first-order valence-electron chi connectivity index (χ1n) is 4.46. The van der Waals surface area contributed by atoms with Gasteiger partial charge in [0.05, 0.1) is 6.61 Å². The number of amides is 3. The van der Waals surface area contributed by atoms with E-state index in [0.29, 0.717) is 12.5 Å². The van der Waals surface area contributed by atoms with Gasteiger partial charge >= 0.3 is 6.03 Å². The fourth-order valence-electron chi connectivity index (χ4n) is 1.17. The van der Waals surface area contributed by atoms with Crippen molar-refractivity contribution in [1.82, 2.24) is 10.4 Å². The maximum absolute atomic E-state index is 11.3. The summed E-state index contributed by atoms with van der Waals surface area (Å²) in [5, 5.41) is 3.31. The van der Waals surface area contributed by atoms with Crippen LogP contribution in [0.2, 0.25) is 0 Å². The molecule has 0 radical (unpaired) electrons. The second-order valence-electron chi connectivity index (χ2n) is 3.54. The molecule has 0 aromatic heterocycles. The van der Waals surface area contributed by atoms with Crippen molar-refractivity contribution in [3.05, 3.63) is 0 Å². The summed E-state index contributed by atoms with van der Waals surface area (Å²) < 4.78 is 0. The molecule has 1 saturated heterocycles. The van der Waals surface area contributed by atoms with Crippen LogP contribution in [-0.4, -0.2) is 29.7 Å². The van der Waals surface area contributed by atoms with Crippen molar-refractivity contribution in [2.45, 2.75) is 25.8 Å². The van der Waals surface area contributed by atoms with E-state index in [0.717, 1.165) is 17.9 Å². The summed E-state index contributed by atoms with van der Waals surface area (Å²) in [7, 11) is 0. The second-order valence-corrected chi connectivity index (χ2v) is 3.54. The molecule has 0 spiro atoms. The summed E-state index contributed by atoms with van der Waals surface area (Å²) in [6, 6.07) is -0.898. The maximum Gasteiger partial charge on any atom is 0.349 e. The predicted octanol–water partition coefficient (Wildman–Crippen LogP) is 0.268. The molecule has 5 heteroatoms. The number of hydrogen-bond donors (Lipinski definition) is 1. The van der Waals surface area contributed by atoms with Crippen LogP contribution in [0, 0.1) is 5.92 Å². The molecule has 2 aliphatic rings. The summed E-state index contributed by atoms with van der Waals surface area (Å²) in [6.07, 6.45) is 2.28. The Balaban J connectivity index is 1.88. The first-order chi connectivity index (χ1) is 6.18. The lowest BCUT2D eigenvalue weighted by Gasteiger charge is -2.11. The van der Waals surface area contributed by atoms with Gasteiger partial charge in [-0.15, -0.1) is 5.06 Å². The molecule has 1 unspecified atom stereocenters. The zero-order valence-electron chi connectivity index (χ0n) is 7.45. The van der Waals surface area contributed by atoms with Crippen LogP contribution in [0.15, 0.2) is 0 Å². The second kappa shape index (κ2) is 2.99. The van der Waals surface area contributed by atoms with Crippen molar-refractivity contribution >= 4 is 11.9 Å². The number of urea groups is 1. The highest BCUT2D eigenvalue weighted by Crippen LogP contribution is 2.29. The van der Waals surface area contributed by atoms with Gasteiger partial charge in [0, 0.05) is 0 Å². The van der Waals surface area contributed by atoms with Gasteiger partial charge in [-0.1, -0.05) is 0 Å². The van der Waals surface area contributed by atoms with Gasteiger partial charge in [0.15, 0.2) is 0 Å². The fraction of sp³-hybridized carbons (Fsp3) is 0.750. The maximum atomic E-state index is 11.3. The molecule has 13 heavy (non-hydrogen) atoms. The molecular weight excluding hydrogens is 172 g/mol. The number of carbonyl (C=O) groups excluding carboxylic acids is 2. The molecule has 3 amide bonds. The van der Waals surface area contributed by atoms with Crippen molar-refractivity contribution in [2.24, 2.45) is 5.92 Å². The van der Waals surface area contributed by atoms with E-state index in [1.807, 2.05) is 0 Å². The number of nitrogens with zero attached hydrogens (tertiary/aromatic N) is 1. The number of hydrogen-bond acceptors (Lipinski definition) is 3. The monoisotopic (exact) mass is 184 g/mol. The van der Waals surface area contributed by atoms with Gasteiger partial charge in [0.2, 0.25) is 0 Å². The van der Waals surface area contributed by atoms with E-state index in [-0.39, 0.29) is 5.91 Å². The Morgan fingerprint density at radius 3 is 2.69 bits per heavy atom. The van der Waals surface area contributed by atoms with Crippen LogP contribution < -0.4 is 5.32 Å². The highest BCUT2D eigenvalue weighted by atomic mass is 16.7. The third-order valence-corrected chi connectivity index (χ3v) is 2.23.